The molecular formula is C13H12N2O8. The Morgan fingerprint density at radius 2 is 1.87 bits per heavy atom. The number of methoxy groups -OCH3 is 2. The van der Waals surface area contributed by atoms with E-state index in [0.717, 1.165) is 38.5 Å². The Labute approximate surface area is 129 Å². The zero-order valence-electron chi connectivity index (χ0n) is 12.1. The molecule has 0 aliphatic carbocycles. The molecule has 0 fully saturated rings. The second-order valence-electron chi connectivity index (χ2n) is 4.03. The summed E-state index contributed by atoms with van der Waals surface area (Å²) in [6, 6.07) is 2.92. The van der Waals surface area contributed by atoms with Crippen molar-refractivity contribution in [1.82, 2.24) is 0 Å². The van der Waals surface area contributed by atoms with E-state index in [9.17, 15) is 24.5 Å². The number of benzene rings is 1. The van der Waals surface area contributed by atoms with E-state index in [1.54, 1.807) is 0 Å². The van der Waals surface area contributed by atoms with Crippen LogP contribution < -0.4 is 5.32 Å². The number of carbonyl (C=O) groups excluding carboxylic acids is 2. The van der Waals surface area contributed by atoms with Gasteiger partial charge in [-0.15, -0.1) is 0 Å². The molecule has 0 aliphatic rings. The smallest absolute Gasteiger partial charge is 0.354 e. The molecule has 0 aliphatic heterocycles. The van der Waals surface area contributed by atoms with Crippen LogP contribution in [0.5, 0.6) is 0 Å². The molecule has 0 unspecified atom stereocenters. The maximum absolute atomic E-state index is 11.6. The minimum atomic E-state index is -1.40. The van der Waals surface area contributed by atoms with Crippen molar-refractivity contribution in [2.75, 3.05) is 19.5 Å². The number of carbonyl (C=O) groups is 3. The number of esters is 2. The van der Waals surface area contributed by atoms with E-state index in [1.165, 1.54) is 0 Å². The van der Waals surface area contributed by atoms with Crippen molar-refractivity contribution >= 4 is 29.3 Å². The van der Waals surface area contributed by atoms with Crippen LogP contribution in [0.4, 0.5) is 11.4 Å². The number of hydrogen-bond donors (Lipinski definition) is 2. The highest BCUT2D eigenvalue weighted by Crippen LogP contribution is 2.22. The average Bonchev–Trinajstić information content (AvgIpc) is 2.52. The number of nitro groups is 1. The molecule has 0 bridgehead atoms. The summed E-state index contributed by atoms with van der Waals surface area (Å²) in [5.41, 5.74) is -1.34. The third-order valence-corrected chi connectivity index (χ3v) is 2.52. The third kappa shape index (κ3) is 4.81. The molecule has 0 atom stereocenters. The lowest BCUT2D eigenvalue weighted by Gasteiger charge is -2.09. The average molecular weight is 324 g/mol. The summed E-state index contributed by atoms with van der Waals surface area (Å²) >= 11 is 0. The quantitative estimate of drug-likeness (QED) is 0.338. The zero-order valence-corrected chi connectivity index (χ0v) is 12.1. The molecule has 23 heavy (non-hydrogen) atoms. The first kappa shape index (κ1) is 17.6. The van der Waals surface area contributed by atoms with Crippen LogP contribution in [0.3, 0.4) is 0 Å². The highest BCUT2D eigenvalue weighted by Gasteiger charge is 2.17. The van der Waals surface area contributed by atoms with Crippen LogP contribution in [0.25, 0.3) is 0 Å². The maximum atomic E-state index is 11.6. The number of nitrogens with zero attached hydrogens (tertiary/aromatic N) is 1. The van der Waals surface area contributed by atoms with E-state index in [4.69, 9.17) is 5.11 Å². The Hall–Kier alpha value is -3.43. The number of non-ortho nitro benzene ring substituents is 1. The van der Waals surface area contributed by atoms with Crippen molar-refractivity contribution in [2.45, 2.75) is 0 Å². The minimum absolute atomic E-state index is 0.0860. The molecule has 10 heteroatoms. The summed E-state index contributed by atoms with van der Waals surface area (Å²) in [7, 11) is 2.15. The van der Waals surface area contributed by atoms with Gasteiger partial charge in [0.05, 0.1) is 30.8 Å². The number of rotatable bonds is 6. The Morgan fingerprint density at radius 3 is 2.35 bits per heavy atom. The highest BCUT2D eigenvalue weighted by atomic mass is 16.6. The fourth-order valence-corrected chi connectivity index (χ4v) is 1.50. The SMILES string of the molecule is COC(=O)/C=C(/Nc1cc(C(=O)O)cc([N+](=O)[O-])c1)C(=O)OC. The second kappa shape index (κ2) is 7.54. The molecule has 122 valence electrons. The summed E-state index contributed by atoms with van der Waals surface area (Å²) < 4.78 is 8.83. The maximum Gasteiger partial charge on any atom is 0.354 e. The first-order valence-corrected chi connectivity index (χ1v) is 5.96. The number of nitro benzene ring substituents is 1. The Balaban J connectivity index is 3.29. The van der Waals surface area contributed by atoms with E-state index in [1.807, 2.05) is 0 Å². The van der Waals surface area contributed by atoms with Crippen molar-refractivity contribution in [1.29, 1.82) is 0 Å². The monoisotopic (exact) mass is 324 g/mol. The first-order valence-electron chi connectivity index (χ1n) is 5.96. The number of anilines is 1. The molecule has 0 amide bonds. The van der Waals surface area contributed by atoms with Gasteiger partial charge in [0.2, 0.25) is 0 Å². The van der Waals surface area contributed by atoms with Gasteiger partial charge in [0, 0.05) is 17.8 Å². The molecule has 0 aromatic heterocycles. The van der Waals surface area contributed by atoms with E-state index < -0.39 is 28.5 Å². The fraction of sp³-hybridized carbons (Fsp3) is 0.154. The fourth-order valence-electron chi connectivity index (χ4n) is 1.50. The Kier molecular flexibility index (Phi) is 5.78. The third-order valence-electron chi connectivity index (χ3n) is 2.52. The van der Waals surface area contributed by atoms with Gasteiger partial charge in [-0.3, -0.25) is 10.1 Å². The van der Waals surface area contributed by atoms with Crippen molar-refractivity contribution in [2.24, 2.45) is 0 Å². The van der Waals surface area contributed by atoms with Crippen LogP contribution in [0, 0.1) is 10.1 Å². The number of ether oxygens (including phenoxy) is 2. The lowest BCUT2D eigenvalue weighted by molar-refractivity contribution is -0.384. The Bertz CT molecular complexity index is 663. The van der Waals surface area contributed by atoms with Crippen LogP contribution >= 0.6 is 0 Å². The van der Waals surface area contributed by atoms with Gasteiger partial charge in [-0.25, -0.2) is 14.4 Å². The van der Waals surface area contributed by atoms with Crippen LogP contribution in [0.1, 0.15) is 10.4 Å². The standard InChI is InChI=1S/C13H12N2O8/c1-22-11(16)6-10(13(19)23-2)14-8-3-7(12(17)18)4-9(5-8)15(20)21/h3-6,14H,1-2H3,(H,17,18)/b10-6+. The molecule has 2 N–H and O–H groups in total. The predicted octanol–water partition coefficient (Wildman–Crippen LogP) is 0.935. The molecule has 0 saturated heterocycles. The van der Waals surface area contributed by atoms with E-state index in [-0.39, 0.29) is 16.9 Å². The van der Waals surface area contributed by atoms with E-state index >= 15 is 0 Å². The Morgan fingerprint density at radius 1 is 1.22 bits per heavy atom. The molecule has 1 aromatic rings. The molecule has 0 heterocycles. The van der Waals surface area contributed by atoms with Crippen molar-refractivity contribution in [3.05, 3.63) is 45.6 Å². The number of carboxylic acid groups (broad SMARTS) is 1. The summed E-state index contributed by atoms with van der Waals surface area (Å²) in [5, 5.41) is 22.2. The number of carboxylic acids is 1. The molecule has 1 rings (SSSR count). The summed E-state index contributed by atoms with van der Waals surface area (Å²) in [6.07, 6.45) is 0.769. The van der Waals surface area contributed by atoms with Crippen molar-refractivity contribution in [3.63, 3.8) is 0 Å². The minimum Gasteiger partial charge on any atom is -0.478 e. The van der Waals surface area contributed by atoms with E-state index in [0.29, 0.717) is 0 Å². The van der Waals surface area contributed by atoms with E-state index in [2.05, 4.69) is 14.8 Å². The normalized spacial score (nSPS) is 10.6. The van der Waals surface area contributed by atoms with Gasteiger partial charge in [0.1, 0.15) is 5.70 Å². The van der Waals surface area contributed by atoms with Gasteiger partial charge in [-0.1, -0.05) is 0 Å². The topological polar surface area (TPSA) is 145 Å². The number of nitrogens with one attached hydrogen (secondary N) is 1. The summed E-state index contributed by atoms with van der Waals surface area (Å²) in [6.45, 7) is 0. The molecule has 0 saturated carbocycles. The zero-order chi connectivity index (χ0) is 17.6. The van der Waals surface area contributed by atoms with Gasteiger partial charge in [-0.05, 0) is 6.07 Å². The molecule has 0 spiro atoms. The van der Waals surface area contributed by atoms with Crippen molar-refractivity contribution in [3.8, 4) is 0 Å². The van der Waals surface area contributed by atoms with Gasteiger partial charge in [0.25, 0.3) is 5.69 Å². The lowest BCUT2D eigenvalue weighted by atomic mass is 10.1. The van der Waals surface area contributed by atoms with Gasteiger partial charge >= 0.3 is 17.9 Å². The predicted molar refractivity (Wildman–Crippen MR) is 75.8 cm³/mol. The second-order valence-corrected chi connectivity index (χ2v) is 4.03. The van der Waals surface area contributed by atoms with Crippen LogP contribution in [-0.4, -0.2) is 42.2 Å². The summed E-state index contributed by atoms with van der Waals surface area (Å²) in [5.74, 6) is -3.21. The molecule has 0 radical (unpaired) electrons. The molecule has 10 nitrogen and oxygen atoms in total. The lowest BCUT2D eigenvalue weighted by Crippen LogP contribution is -2.16. The first-order chi connectivity index (χ1) is 10.8. The van der Waals surface area contributed by atoms with Gasteiger partial charge in [-0.2, -0.15) is 0 Å². The van der Waals surface area contributed by atoms with Crippen LogP contribution in [-0.2, 0) is 19.1 Å². The van der Waals surface area contributed by atoms with Gasteiger partial charge in [0.15, 0.2) is 0 Å². The largest absolute Gasteiger partial charge is 0.478 e. The molecule has 1 aromatic carbocycles. The van der Waals surface area contributed by atoms with Gasteiger partial charge < -0.3 is 19.9 Å². The van der Waals surface area contributed by atoms with Crippen LogP contribution in [0.15, 0.2) is 30.0 Å². The number of aromatic carboxylic acids is 1. The number of hydrogen-bond acceptors (Lipinski definition) is 8. The summed E-state index contributed by atoms with van der Waals surface area (Å²) in [4.78, 5) is 43.9. The molecular weight excluding hydrogens is 312 g/mol. The van der Waals surface area contributed by atoms with Crippen molar-refractivity contribution < 1.29 is 33.9 Å². The highest BCUT2D eigenvalue weighted by molar-refractivity contribution is 5.99. The van der Waals surface area contributed by atoms with Crippen LogP contribution in [0.2, 0.25) is 0 Å².